The van der Waals surface area contributed by atoms with Gasteiger partial charge in [0.25, 0.3) is 0 Å². The van der Waals surface area contributed by atoms with Gasteiger partial charge in [-0.2, -0.15) is 0 Å². The summed E-state index contributed by atoms with van der Waals surface area (Å²) in [5, 5.41) is 3.19. The fraction of sp³-hybridized carbons (Fsp3) is 0.600. The fourth-order valence-corrected chi connectivity index (χ4v) is 1.44. The van der Waals surface area contributed by atoms with Gasteiger partial charge in [-0.25, -0.2) is 0 Å². The summed E-state index contributed by atoms with van der Waals surface area (Å²) in [5.74, 6) is 0. The van der Waals surface area contributed by atoms with Crippen molar-refractivity contribution in [3.8, 4) is 0 Å². The molecule has 5 nitrogen and oxygen atoms in total. The zero-order chi connectivity index (χ0) is 11.4. The van der Waals surface area contributed by atoms with Gasteiger partial charge in [0.1, 0.15) is 0 Å². The van der Waals surface area contributed by atoms with Crippen molar-refractivity contribution in [1.82, 2.24) is 14.5 Å². The average molecular weight is 211 g/mol. The third-order valence-electron chi connectivity index (χ3n) is 2.26. The molecule has 0 aliphatic carbocycles. The van der Waals surface area contributed by atoms with Crippen LogP contribution in [-0.4, -0.2) is 21.7 Å². The number of aryl methyl sites for hydroxylation is 1. The highest BCUT2D eigenvalue weighted by molar-refractivity contribution is 4.85. The van der Waals surface area contributed by atoms with Crippen molar-refractivity contribution in [3.05, 3.63) is 33.1 Å². The Balaban J connectivity index is 2.93. The normalized spacial score (nSPS) is 12.7. The Hall–Kier alpha value is -1.36. The van der Waals surface area contributed by atoms with Gasteiger partial charge < -0.3 is 14.5 Å². The lowest BCUT2D eigenvalue weighted by Gasteiger charge is -2.13. The van der Waals surface area contributed by atoms with Gasteiger partial charge in [-0.15, -0.1) is 0 Å². The van der Waals surface area contributed by atoms with E-state index in [1.165, 1.54) is 9.13 Å². The van der Waals surface area contributed by atoms with Crippen LogP contribution in [0.15, 0.2) is 22.0 Å². The van der Waals surface area contributed by atoms with Gasteiger partial charge in [0.2, 0.25) is 0 Å². The molecule has 1 rings (SSSR count). The first-order chi connectivity index (χ1) is 7.06. The molecular weight excluding hydrogens is 194 g/mol. The molecular formula is C10H17N3O2. The Morgan fingerprint density at radius 2 is 2.00 bits per heavy atom. The van der Waals surface area contributed by atoms with Crippen LogP contribution in [0.3, 0.4) is 0 Å². The van der Waals surface area contributed by atoms with Crippen molar-refractivity contribution in [2.24, 2.45) is 7.05 Å². The van der Waals surface area contributed by atoms with E-state index in [2.05, 4.69) is 5.32 Å². The third-order valence-corrected chi connectivity index (χ3v) is 2.26. The summed E-state index contributed by atoms with van der Waals surface area (Å²) < 4.78 is 2.73. The molecule has 1 aromatic heterocycles. The number of likely N-dealkylation sites (N-methyl/N-ethyl adjacent to an activating group) is 1. The zero-order valence-electron chi connectivity index (χ0n) is 9.36. The number of rotatable bonds is 4. The molecule has 1 aromatic rings. The number of nitrogens with one attached hydrogen (secondary N) is 1. The first kappa shape index (κ1) is 11.7. The molecule has 5 heteroatoms. The van der Waals surface area contributed by atoms with E-state index < -0.39 is 11.1 Å². The molecule has 0 bridgehead atoms. The molecule has 0 aliphatic heterocycles. The fourth-order valence-electron chi connectivity index (χ4n) is 1.44. The van der Waals surface area contributed by atoms with Crippen LogP contribution in [0.5, 0.6) is 0 Å². The Bertz CT molecular complexity index is 433. The van der Waals surface area contributed by atoms with E-state index in [0.29, 0.717) is 6.54 Å². The highest BCUT2D eigenvalue weighted by Crippen LogP contribution is 1.86. The maximum absolute atomic E-state index is 11.5. The van der Waals surface area contributed by atoms with Crippen molar-refractivity contribution in [2.45, 2.75) is 26.4 Å². The van der Waals surface area contributed by atoms with Gasteiger partial charge >= 0.3 is 11.1 Å². The molecule has 1 unspecified atom stereocenters. The van der Waals surface area contributed by atoms with Gasteiger partial charge in [-0.1, -0.05) is 6.92 Å². The highest BCUT2D eigenvalue weighted by Gasteiger charge is 2.05. The number of hydrogen-bond donors (Lipinski definition) is 1. The summed E-state index contributed by atoms with van der Waals surface area (Å²) in [4.78, 5) is 22.9. The minimum Gasteiger partial charge on any atom is -0.313 e. The Labute approximate surface area is 88.4 Å². The first-order valence-electron chi connectivity index (χ1n) is 5.05. The molecule has 1 atom stereocenters. The molecule has 0 spiro atoms. The molecule has 0 aliphatic rings. The molecule has 0 amide bonds. The quantitative estimate of drug-likeness (QED) is 0.686. The molecule has 1 heterocycles. The van der Waals surface area contributed by atoms with Crippen molar-refractivity contribution < 1.29 is 0 Å². The summed E-state index contributed by atoms with van der Waals surface area (Å²) in [7, 11) is 1.57. The van der Waals surface area contributed by atoms with Gasteiger partial charge in [0.15, 0.2) is 0 Å². The minimum atomic E-state index is -0.485. The van der Waals surface area contributed by atoms with Crippen LogP contribution in [0.1, 0.15) is 13.8 Å². The van der Waals surface area contributed by atoms with E-state index in [0.717, 1.165) is 6.54 Å². The molecule has 0 aromatic carbocycles. The topological polar surface area (TPSA) is 56.0 Å². The van der Waals surface area contributed by atoms with Crippen molar-refractivity contribution in [3.63, 3.8) is 0 Å². The smallest absolute Gasteiger partial charge is 0.313 e. The minimum absolute atomic E-state index is 0.180. The largest absolute Gasteiger partial charge is 0.316 e. The number of aromatic nitrogens is 2. The third kappa shape index (κ3) is 2.79. The molecule has 1 N–H and O–H groups in total. The highest BCUT2D eigenvalue weighted by atomic mass is 16.2. The van der Waals surface area contributed by atoms with Crippen LogP contribution < -0.4 is 16.4 Å². The van der Waals surface area contributed by atoms with Crippen molar-refractivity contribution >= 4 is 0 Å². The maximum Gasteiger partial charge on any atom is 0.316 e. The monoisotopic (exact) mass is 211 g/mol. The predicted octanol–water partition coefficient (Wildman–Crippen LogP) is -0.455. The Kier molecular flexibility index (Phi) is 3.85. The summed E-state index contributed by atoms with van der Waals surface area (Å²) >= 11 is 0. The number of nitrogens with zero attached hydrogens (tertiary/aromatic N) is 2. The maximum atomic E-state index is 11.5. The zero-order valence-corrected chi connectivity index (χ0v) is 9.36. The van der Waals surface area contributed by atoms with Crippen LogP contribution in [0.2, 0.25) is 0 Å². The van der Waals surface area contributed by atoms with Crippen LogP contribution in [0, 0.1) is 0 Å². The van der Waals surface area contributed by atoms with E-state index in [9.17, 15) is 9.59 Å². The lowest BCUT2D eigenvalue weighted by molar-refractivity contribution is 0.475. The second-order valence-corrected chi connectivity index (χ2v) is 3.63. The van der Waals surface area contributed by atoms with Crippen LogP contribution in [-0.2, 0) is 13.6 Å². The van der Waals surface area contributed by atoms with Gasteiger partial charge in [0.05, 0.1) is 0 Å². The van der Waals surface area contributed by atoms with E-state index in [1.54, 1.807) is 19.4 Å². The molecule has 84 valence electrons. The first-order valence-corrected chi connectivity index (χ1v) is 5.05. The van der Waals surface area contributed by atoms with Crippen LogP contribution in [0.4, 0.5) is 0 Å². The summed E-state index contributed by atoms with van der Waals surface area (Å²) in [6, 6.07) is 0.180. The summed E-state index contributed by atoms with van der Waals surface area (Å²) in [6.07, 6.45) is 3.24. The van der Waals surface area contributed by atoms with E-state index in [1.807, 2.05) is 13.8 Å². The van der Waals surface area contributed by atoms with Gasteiger partial charge in [-0.05, 0) is 13.5 Å². The predicted molar refractivity (Wildman–Crippen MR) is 59.1 cm³/mol. The van der Waals surface area contributed by atoms with Gasteiger partial charge in [0, 0.05) is 32.0 Å². The lowest BCUT2D eigenvalue weighted by Crippen LogP contribution is -2.42. The van der Waals surface area contributed by atoms with Crippen LogP contribution in [0.25, 0.3) is 0 Å². The van der Waals surface area contributed by atoms with Crippen molar-refractivity contribution in [2.75, 3.05) is 6.54 Å². The molecule has 0 saturated carbocycles. The summed E-state index contributed by atoms with van der Waals surface area (Å²) in [6.45, 7) is 5.35. The van der Waals surface area contributed by atoms with E-state index >= 15 is 0 Å². The van der Waals surface area contributed by atoms with Gasteiger partial charge in [-0.3, -0.25) is 9.59 Å². The van der Waals surface area contributed by atoms with Crippen LogP contribution >= 0.6 is 0 Å². The Morgan fingerprint density at radius 3 is 2.60 bits per heavy atom. The average Bonchev–Trinajstić information content (AvgIpc) is 2.20. The van der Waals surface area contributed by atoms with E-state index in [4.69, 9.17) is 0 Å². The molecule has 0 radical (unpaired) electrons. The van der Waals surface area contributed by atoms with Crippen molar-refractivity contribution in [1.29, 1.82) is 0 Å². The standard InChI is InChI=1S/C10H17N3O2/c1-4-11-8(2)7-13-6-5-12(3)9(14)10(13)15/h5-6,8,11H,4,7H2,1-3H3. The second kappa shape index (κ2) is 4.93. The lowest BCUT2D eigenvalue weighted by atomic mass is 10.3. The Morgan fingerprint density at radius 1 is 1.33 bits per heavy atom. The SMILES string of the molecule is CCNC(C)Cn1ccn(C)c(=O)c1=O. The van der Waals surface area contributed by atoms with E-state index in [-0.39, 0.29) is 6.04 Å². The molecule has 0 fully saturated rings. The summed E-state index contributed by atoms with van der Waals surface area (Å²) in [5.41, 5.74) is -0.953. The number of hydrogen-bond acceptors (Lipinski definition) is 3. The second-order valence-electron chi connectivity index (χ2n) is 3.63. The molecule has 0 saturated heterocycles. The molecule has 15 heavy (non-hydrogen) atoms.